The second-order valence-electron chi connectivity index (χ2n) is 8.14. The summed E-state index contributed by atoms with van der Waals surface area (Å²) in [5, 5.41) is 7.61. The van der Waals surface area contributed by atoms with Gasteiger partial charge < -0.3 is 19.9 Å². The van der Waals surface area contributed by atoms with Gasteiger partial charge in [-0.05, 0) is 19.1 Å². The highest BCUT2D eigenvalue weighted by Crippen LogP contribution is 2.34. The van der Waals surface area contributed by atoms with Crippen molar-refractivity contribution in [3.05, 3.63) is 12.4 Å². The van der Waals surface area contributed by atoms with Crippen LogP contribution in [0.5, 0.6) is 0 Å². The van der Waals surface area contributed by atoms with Gasteiger partial charge in [0.1, 0.15) is 6.54 Å². The van der Waals surface area contributed by atoms with E-state index in [4.69, 9.17) is 9.73 Å². The number of nitrogens with one attached hydrogen (secondary N) is 1. The molecule has 10 heteroatoms. The van der Waals surface area contributed by atoms with Crippen molar-refractivity contribution < 1.29 is 9.53 Å². The van der Waals surface area contributed by atoms with E-state index in [0.29, 0.717) is 13.1 Å². The molecule has 166 valence electrons. The van der Waals surface area contributed by atoms with E-state index in [1.54, 1.807) is 10.9 Å². The van der Waals surface area contributed by atoms with Crippen LogP contribution < -0.4 is 10.2 Å². The molecule has 0 aromatic carbocycles. The molecule has 0 saturated carbocycles. The molecule has 0 spiro atoms. The smallest absolute Gasteiger partial charge is 0.246 e. The van der Waals surface area contributed by atoms with Crippen molar-refractivity contribution in [1.82, 2.24) is 24.9 Å². The summed E-state index contributed by atoms with van der Waals surface area (Å²) < 4.78 is 7.30. The predicted octanol–water partition coefficient (Wildman–Crippen LogP) is 0.242. The van der Waals surface area contributed by atoms with Crippen molar-refractivity contribution >= 4 is 29.3 Å². The minimum Gasteiger partial charge on any atom is -0.379 e. The maximum atomic E-state index is 12.8. The molecule has 3 saturated heterocycles. The van der Waals surface area contributed by atoms with E-state index in [1.807, 2.05) is 29.9 Å². The third kappa shape index (κ3) is 4.60. The van der Waals surface area contributed by atoms with E-state index < -0.39 is 0 Å². The van der Waals surface area contributed by atoms with Crippen LogP contribution in [0, 0.1) is 0 Å². The Hall–Kier alpha value is -1.78. The van der Waals surface area contributed by atoms with Gasteiger partial charge in [-0.1, -0.05) is 0 Å². The summed E-state index contributed by atoms with van der Waals surface area (Å²) in [7, 11) is 1.87. The molecule has 1 aromatic heterocycles. The summed E-state index contributed by atoms with van der Waals surface area (Å²) in [5.41, 5.74) is 0.967. The van der Waals surface area contributed by atoms with Gasteiger partial charge in [-0.3, -0.25) is 19.4 Å². The first-order valence-corrected chi connectivity index (χ1v) is 12.0. The van der Waals surface area contributed by atoms with Crippen LogP contribution in [0.25, 0.3) is 0 Å². The molecule has 3 fully saturated rings. The molecule has 3 aliphatic heterocycles. The zero-order chi connectivity index (χ0) is 21.0. The van der Waals surface area contributed by atoms with Gasteiger partial charge in [-0.2, -0.15) is 16.9 Å². The first kappa shape index (κ1) is 21.5. The number of rotatable bonds is 5. The number of aromatic nitrogens is 2. The van der Waals surface area contributed by atoms with E-state index in [9.17, 15) is 4.79 Å². The number of ether oxygens (including phenoxy) is 1. The van der Waals surface area contributed by atoms with Gasteiger partial charge in [0, 0.05) is 51.7 Å². The van der Waals surface area contributed by atoms with Gasteiger partial charge in [0.05, 0.1) is 37.2 Å². The maximum Gasteiger partial charge on any atom is 0.246 e. The van der Waals surface area contributed by atoms with Crippen LogP contribution in [0.3, 0.4) is 0 Å². The molecule has 3 aliphatic rings. The second kappa shape index (κ2) is 9.57. The SMILES string of the molecule is CCNC(=NCC1(N2CCOCC2)CCSC1)N1CCN(c2cnn(C)c2)C(=O)C1. The number of thioether (sulfide) groups is 1. The number of hydrogen-bond acceptors (Lipinski definition) is 6. The van der Waals surface area contributed by atoms with Crippen molar-refractivity contribution in [3.63, 3.8) is 0 Å². The fourth-order valence-corrected chi connectivity index (χ4v) is 5.90. The highest BCUT2D eigenvalue weighted by molar-refractivity contribution is 7.99. The molecule has 0 radical (unpaired) electrons. The van der Waals surface area contributed by atoms with E-state index in [2.05, 4.69) is 27.1 Å². The van der Waals surface area contributed by atoms with Crippen molar-refractivity contribution in [2.24, 2.45) is 12.0 Å². The Labute approximate surface area is 182 Å². The lowest BCUT2D eigenvalue weighted by Crippen LogP contribution is -2.57. The number of hydrogen-bond donors (Lipinski definition) is 1. The third-order valence-electron chi connectivity index (χ3n) is 6.15. The average molecular weight is 436 g/mol. The van der Waals surface area contributed by atoms with Crippen LogP contribution in [0.15, 0.2) is 17.4 Å². The lowest BCUT2D eigenvalue weighted by atomic mass is 9.96. The topological polar surface area (TPSA) is 78.2 Å². The summed E-state index contributed by atoms with van der Waals surface area (Å²) >= 11 is 2.02. The molecule has 1 atom stereocenters. The van der Waals surface area contributed by atoms with Crippen molar-refractivity contribution in [2.45, 2.75) is 18.9 Å². The van der Waals surface area contributed by atoms with Crippen molar-refractivity contribution in [2.75, 3.05) is 75.4 Å². The van der Waals surface area contributed by atoms with Crippen LogP contribution in [-0.4, -0.2) is 108 Å². The number of aryl methyl sites for hydroxylation is 1. The van der Waals surface area contributed by atoms with Gasteiger partial charge >= 0.3 is 0 Å². The number of carbonyl (C=O) groups excluding carboxylic acids is 1. The fraction of sp³-hybridized carbons (Fsp3) is 0.750. The fourth-order valence-electron chi connectivity index (χ4n) is 4.43. The van der Waals surface area contributed by atoms with Crippen LogP contribution in [0.2, 0.25) is 0 Å². The minimum absolute atomic E-state index is 0.0826. The van der Waals surface area contributed by atoms with E-state index >= 15 is 0 Å². The lowest BCUT2D eigenvalue weighted by Gasteiger charge is -2.42. The zero-order valence-electron chi connectivity index (χ0n) is 18.0. The number of guanidine groups is 1. The van der Waals surface area contributed by atoms with Crippen LogP contribution >= 0.6 is 11.8 Å². The zero-order valence-corrected chi connectivity index (χ0v) is 18.9. The summed E-state index contributed by atoms with van der Waals surface area (Å²) in [6.45, 7) is 8.93. The second-order valence-corrected chi connectivity index (χ2v) is 9.24. The molecular formula is C20H33N7O2S. The molecule has 0 bridgehead atoms. The lowest BCUT2D eigenvalue weighted by molar-refractivity contribution is -0.120. The molecule has 4 heterocycles. The largest absolute Gasteiger partial charge is 0.379 e. The Morgan fingerprint density at radius 2 is 2.17 bits per heavy atom. The molecule has 0 aliphatic carbocycles. The number of morpholine rings is 1. The molecule has 4 rings (SSSR count). The maximum absolute atomic E-state index is 12.8. The molecule has 1 N–H and O–H groups in total. The van der Waals surface area contributed by atoms with Crippen LogP contribution in [-0.2, 0) is 16.6 Å². The molecule has 1 amide bonds. The van der Waals surface area contributed by atoms with Gasteiger partial charge in [0.2, 0.25) is 5.91 Å². The van der Waals surface area contributed by atoms with Gasteiger partial charge in [0.15, 0.2) is 5.96 Å². The number of piperazine rings is 1. The molecule has 9 nitrogen and oxygen atoms in total. The number of amides is 1. The van der Waals surface area contributed by atoms with Gasteiger partial charge in [-0.15, -0.1) is 0 Å². The quantitative estimate of drug-likeness (QED) is 0.524. The van der Waals surface area contributed by atoms with Crippen molar-refractivity contribution in [3.8, 4) is 0 Å². The first-order chi connectivity index (χ1) is 14.6. The highest BCUT2D eigenvalue weighted by atomic mass is 32.2. The van der Waals surface area contributed by atoms with Gasteiger partial charge in [-0.25, -0.2) is 0 Å². The Kier molecular flexibility index (Phi) is 6.84. The number of nitrogens with zero attached hydrogens (tertiary/aromatic N) is 6. The molecule has 1 aromatic rings. The van der Waals surface area contributed by atoms with Crippen LogP contribution in [0.4, 0.5) is 5.69 Å². The average Bonchev–Trinajstić information content (AvgIpc) is 3.42. The Bertz CT molecular complexity index is 756. The standard InChI is InChI=1S/C20H33N7O2S/c1-3-21-19(22-15-20(4-11-30-16-20)26-7-9-29-10-8-26)25-5-6-27(18(28)14-25)17-12-23-24(2)13-17/h12-13H,3-11,14-16H2,1-2H3,(H,21,22). The van der Waals surface area contributed by atoms with E-state index in [1.165, 1.54) is 5.75 Å². The molecular weight excluding hydrogens is 402 g/mol. The third-order valence-corrected chi connectivity index (χ3v) is 7.38. The molecule has 30 heavy (non-hydrogen) atoms. The summed E-state index contributed by atoms with van der Waals surface area (Å²) in [4.78, 5) is 24.4. The Balaban J connectivity index is 1.45. The highest BCUT2D eigenvalue weighted by Gasteiger charge is 2.41. The van der Waals surface area contributed by atoms with E-state index in [0.717, 1.165) is 69.8 Å². The van der Waals surface area contributed by atoms with E-state index in [-0.39, 0.29) is 11.4 Å². The van der Waals surface area contributed by atoms with Crippen LogP contribution in [0.1, 0.15) is 13.3 Å². The first-order valence-electron chi connectivity index (χ1n) is 10.8. The van der Waals surface area contributed by atoms with Crippen molar-refractivity contribution in [1.29, 1.82) is 0 Å². The predicted molar refractivity (Wildman–Crippen MR) is 120 cm³/mol. The monoisotopic (exact) mass is 435 g/mol. The number of anilines is 1. The summed E-state index contributed by atoms with van der Waals surface area (Å²) in [6, 6.07) is 0. The summed E-state index contributed by atoms with van der Waals surface area (Å²) in [5.74, 6) is 3.23. The van der Waals surface area contributed by atoms with Gasteiger partial charge in [0.25, 0.3) is 0 Å². The molecule has 1 unspecified atom stereocenters. The minimum atomic E-state index is 0.0826. The number of carbonyl (C=O) groups is 1. The summed E-state index contributed by atoms with van der Waals surface area (Å²) in [6.07, 6.45) is 4.79. The Morgan fingerprint density at radius 1 is 1.33 bits per heavy atom. The normalized spacial score (nSPS) is 26.5. The Morgan fingerprint density at radius 3 is 2.80 bits per heavy atom. The number of aliphatic imine (C=N–C) groups is 1.